The van der Waals surface area contributed by atoms with Gasteiger partial charge >= 0.3 is 6.18 Å². The molecule has 9 nitrogen and oxygen atoms in total. The maximum Gasteiger partial charge on any atom is 0.417 e. The van der Waals surface area contributed by atoms with E-state index in [0.29, 0.717) is 25.3 Å². The summed E-state index contributed by atoms with van der Waals surface area (Å²) < 4.78 is 42.2. The van der Waals surface area contributed by atoms with E-state index in [4.69, 9.17) is 17.5 Å². The van der Waals surface area contributed by atoms with Gasteiger partial charge in [0.25, 0.3) is 11.8 Å². The highest BCUT2D eigenvalue weighted by Gasteiger charge is 2.49. The van der Waals surface area contributed by atoms with Gasteiger partial charge in [0.05, 0.1) is 28.6 Å². The molecule has 3 heterocycles. The first-order valence-corrected chi connectivity index (χ1v) is 13.5. The molecule has 214 valence electrons. The van der Waals surface area contributed by atoms with E-state index in [-0.39, 0.29) is 16.7 Å². The lowest BCUT2D eigenvalue weighted by molar-refractivity contribution is -0.137. The number of halogens is 3. The van der Waals surface area contributed by atoms with Crippen LogP contribution in [0, 0.1) is 18.3 Å². The van der Waals surface area contributed by atoms with E-state index in [1.54, 1.807) is 42.6 Å². The Hall–Kier alpha value is -3.50. The van der Waals surface area contributed by atoms with E-state index >= 15 is 0 Å². The number of unbranched alkanes of at least 4 members (excludes halogenated alkanes) is 1. The first-order valence-electron chi connectivity index (χ1n) is 13.1. The number of piperazine rings is 1. The van der Waals surface area contributed by atoms with Crippen molar-refractivity contribution >= 4 is 34.8 Å². The molecule has 2 amide bonds. The number of aromatic nitrogens is 2. The van der Waals surface area contributed by atoms with Crippen LogP contribution < -0.4 is 4.90 Å². The fraction of sp³-hybridized carbons (Fsp3) is 0.519. The van der Waals surface area contributed by atoms with Crippen molar-refractivity contribution in [2.24, 2.45) is 7.05 Å². The van der Waals surface area contributed by atoms with Gasteiger partial charge in [0.2, 0.25) is 0 Å². The lowest BCUT2D eigenvalue weighted by atomic mass is 10.0. The molecule has 0 N–H and O–H groups in total. The Morgan fingerprint density at radius 3 is 2.35 bits per heavy atom. The van der Waals surface area contributed by atoms with Crippen molar-refractivity contribution in [3.8, 4) is 6.07 Å². The van der Waals surface area contributed by atoms with Crippen molar-refractivity contribution < 1.29 is 22.8 Å². The Morgan fingerprint density at radius 2 is 1.77 bits per heavy atom. The molecule has 40 heavy (non-hydrogen) atoms. The van der Waals surface area contributed by atoms with Crippen LogP contribution in [0.25, 0.3) is 0 Å². The Labute approximate surface area is 236 Å². The summed E-state index contributed by atoms with van der Waals surface area (Å²) in [4.78, 5) is 33.1. The van der Waals surface area contributed by atoms with E-state index in [1.165, 1.54) is 6.07 Å². The number of alkyl halides is 3. The monoisotopic (exact) mass is 575 g/mol. The number of rotatable bonds is 7. The predicted molar refractivity (Wildman–Crippen MR) is 147 cm³/mol. The molecule has 2 aliphatic heterocycles. The number of carbonyl (C=O) groups is 2. The molecule has 0 radical (unpaired) electrons. The molecular weight excluding hydrogens is 543 g/mol. The number of amides is 2. The van der Waals surface area contributed by atoms with E-state index in [0.717, 1.165) is 55.2 Å². The van der Waals surface area contributed by atoms with Crippen molar-refractivity contribution in [1.29, 1.82) is 5.26 Å². The number of hydrogen-bond acceptors (Lipinski definition) is 6. The third-order valence-corrected chi connectivity index (χ3v) is 7.90. The van der Waals surface area contributed by atoms with Gasteiger partial charge in [-0.1, -0.05) is 0 Å². The second-order valence-electron chi connectivity index (χ2n) is 10.6. The molecule has 2 aliphatic rings. The third-order valence-electron chi connectivity index (χ3n) is 7.50. The van der Waals surface area contributed by atoms with E-state index in [1.807, 2.05) is 11.8 Å². The molecule has 2 saturated heterocycles. The van der Waals surface area contributed by atoms with Crippen molar-refractivity contribution in [3.05, 3.63) is 46.8 Å². The van der Waals surface area contributed by atoms with Crippen LogP contribution in [-0.4, -0.2) is 86.2 Å². The van der Waals surface area contributed by atoms with Crippen LogP contribution in [0.1, 0.15) is 54.0 Å². The highest BCUT2D eigenvalue weighted by Crippen LogP contribution is 2.38. The van der Waals surface area contributed by atoms with Gasteiger partial charge in [-0.2, -0.15) is 23.5 Å². The zero-order valence-corrected chi connectivity index (χ0v) is 23.8. The minimum absolute atomic E-state index is 0.00870. The lowest BCUT2D eigenvalue weighted by Gasteiger charge is -2.35. The molecule has 4 rings (SSSR count). The zero-order chi connectivity index (χ0) is 29.4. The maximum absolute atomic E-state index is 13.5. The summed E-state index contributed by atoms with van der Waals surface area (Å²) in [5.74, 6) is -0.439. The first-order chi connectivity index (χ1) is 18.8. The normalized spacial score (nSPS) is 18.0. The van der Waals surface area contributed by atoms with Crippen LogP contribution in [-0.2, 0) is 18.0 Å². The standard InChI is InChI=1S/C27H32F3N7O2S/c1-18-15-22(33(4)32-18)23(38)35-13-11-34(12-14-35)9-5-6-10-36-25(40)37(24(39)26(36,2)3)20-8-7-19(17-31)21(16-20)27(28,29)30/h7-8,15-16H,5-6,9-14H2,1-4H3. The van der Waals surface area contributed by atoms with Gasteiger partial charge in [-0.15, -0.1) is 0 Å². The molecule has 0 aliphatic carbocycles. The molecule has 0 spiro atoms. The Balaban J connectivity index is 1.32. The second kappa shape index (κ2) is 11.2. The molecule has 1 aromatic carbocycles. The van der Waals surface area contributed by atoms with Crippen LogP contribution in [0.4, 0.5) is 18.9 Å². The molecule has 0 atom stereocenters. The summed E-state index contributed by atoms with van der Waals surface area (Å²) >= 11 is 5.56. The molecule has 2 fully saturated rings. The summed E-state index contributed by atoms with van der Waals surface area (Å²) in [7, 11) is 1.76. The Bertz CT molecular complexity index is 1360. The minimum Gasteiger partial charge on any atom is -0.335 e. The van der Waals surface area contributed by atoms with E-state index < -0.39 is 28.7 Å². The Kier molecular flexibility index (Phi) is 8.23. The number of hydrogen-bond donors (Lipinski definition) is 0. The number of carbonyl (C=O) groups excluding carboxylic acids is 2. The zero-order valence-electron chi connectivity index (χ0n) is 23.0. The van der Waals surface area contributed by atoms with Gasteiger partial charge in [-0.3, -0.25) is 24.1 Å². The summed E-state index contributed by atoms with van der Waals surface area (Å²) in [6.07, 6.45) is -3.19. The van der Waals surface area contributed by atoms with Crippen LogP contribution in [0.3, 0.4) is 0 Å². The van der Waals surface area contributed by atoms with Crippen molar-refractivity contribution in [3.63, 3.8) is 0 Å². The number of nitriles is 1. The molecule has 0 unspecified atom stereocenters. The first kappa shape index (κ1) is 29.5. The smallest absolute Gasteiger partial charge is 0.335 e. The quantitative estimate of drug-likeness (QED) is 0.369. The summed E-state index contributed by atoms with van der Waals surface area (Å²) in [6, 6.07) is 6.54. The fourth-order valence-corrected chi connectivity index (χ4v) is 5.70. The summed E-state index contributed by atoms with van der Waals surface area (Å²) in [5, 5.41) is 13.5. The summed E-state index contributed by atoms with van der Waals surface area (Å²) in [5.41, 5.74) is -1.27. The van der Waals surface area contributed by atoms with Crippen LogP contribution in [0.2, 0.25) is 0 Å². The molecule has 0 bridgehead atoms. The van der Waals surface area contributed by atoms with Gasteiger partial charge in [0, 0.05) is 39.8 Å². The highest BCUT2D eigenvalue weighted by molar-refractivity contribution is 7.80. The van der Waals surface area contributed by atoms with Crippen LogP contribution in [0.5, 0.6) is 0 Å². The molecule has 1 aromatic heterocycles. The average Bonchev–Trinajstić information content (AvgIpc) is 3.32. The van der Waals surface area contributed by atoms with Crippen LogP contribution >= 0.6 is 12.2 Å². The molecule has 2 aromatic rings. The van der Waals surface area contributed by atoms with Gasteiger partial charge < -0.3 is 9.80 Å². The third kappa shape index (κ3) is 5.69. The van der Waals surface area contributed by atoms with Crippen molar-refractivity contribution in [1.82, 2.24) is 24.5 Å². The van der Waals surface area contributed by atoms with Crippen molar-refractivity contribution in [2.75, 3.05) is 44.2 Å². The predicted octanol–water partition coefficient (Wildman–Crippen LogP) is 3.57. The van der Waals surface area contributed by atoms with Gasteiger partial charge in [0.1, 0.15) is 11.2 Å². The van der Waals surface area contributed by atoms with Crippen molar-refractivity contribution in [2.45, 2.75) is 45.3 Å². The van der Waals surface area contributed by atoms with Gasteiger partial charge in [-0.25, -0.2) is 0 Å². The summed E-state index contributed by atoms with van der Waals surface area (Å²) in [6.45, 7) is 9.30. The van der Waals surface area contributed by atoms with Gasteiger partial charge in [-0.05, 0) is 76.6 Å². The minimum atomic E-state index is -4.74. The Morgan fingerprint density at radius 1 is 1.12 bits per heavy atom. The lowest BCUT2D eigenvalue weighted by Crippen LogP contribution is -2.49. The van der Waals surface area contributed by atoms with Gasteiger partial charge in [0.15, 0.2) is 5.11 Å². The average molecular weight is 576 g/mol. The topological polar surface area (TPSA) is 88.7 Å². The number of nitrogens with zero attached hydrogens (tertiary/aromatic N) is 7. The van der Waals surface area contributed by atoms with E-state index in [9.17, 15) is 22.8 Å². The SMILES string of the molecule is Cc1cc(C(=O)N2CCN(CCCCN3C(=S)N(c4ccc(C#N)c(C(F)(F)F)c4)C(=O)C3(C)C)CC2)n(C)n1. The highest BCUT2D eigenvalue weighted by atomic mass is 32.1. The molecule has 13 heteroatoms. The number of thiocarbonyl (C=S) groups is 1. The number of anilines is 1. The number of aryl methyl sites for hydroxylation is 2. The maximum atomic E-state index is 13.5. The van der Waals surface area contributed by atoms with Crippen LogP contribution in [0.15, 0.2) is 24.3 Å². The van der Waals surface area contributed by atoms with E-state index in [2.05, 4.69) is 10.00 Å². The number of benzene rings is 1. The molecular formula is C27H32F3N7O2S. The largest absolute Gasteiger partial charge is 0.417 e. The fourth-order valence-electron chi connectivity index (χ4n) is 5.19. The second-order valence-corrected chi connectivity index (χ2v) is 11.0. The molecule has 0 saturated carbocycles.